The first kappa shape index (κ1) is 33.4. The van der Waals surface area contributed by atoms with Gasteiger partial charge in [0, 0.05) is 50.4 Å². The lowest BCUT2D eigenvalue weighted by molar-refractivity contribution is 1.07. The first-order valence-electron chi connectivity index (χ1n) is 19.5. The fourth-order valence-corrected chi connectivity index (χ4v) is 8.23. The molecule has 0 amide bonds. The van der Waals surface area contributed by atoms with Gasteiger partial charge in [-0.2, -0.15) is 0 Å². The van der Waals surface area contributed by atoms with Crippen LogP contribution in [0.4, 0.5) is 0 Å². The highest BCUT2D eigenvalue weighted by atomic mass is 15.0. The van der Waals surface area contributed by atoms with Gasteiger partial charge in [0.15, 0.2) is 17.5 Å². The van der Waals surface area contributed by atoms with Crippen molar-refractivity contribution in [2.24, 2.45) is 0 Å². The second kappa shape index (κ2) is 14.0. The SMILES string of the molecule is c1ccc(-c2cccc(-c3nc(-c4cccc(-c5ccccc5)c4)nc(-c4cccc(-n5c6ccccc6c6ccc7ccn(-c8ccccc8)c7c65)c4)n3)c2)cc1. The molecule has 11 rings (SSSR count). The third-order valence-corrected chi connectivity index (χ3v) is 11.0. The Morgan fingerprint density at radius 2 is 0.793 bits per heavy atom. The lowest BCUT2D eigenvalue weighted by Gasteiger charge is -2.14. The van der Waals surface area contributed by atoms with Gasteiger partial charge in [0.1, 0.15) is 0 Å². The van der Waals surface area contributed by atoms with Crippen LogP contribution in [-0.4, -0.2) is 24.1 Å². The molecule has 0 saturated carbocycles. The van der Waals surface area contributed by atoms with Crippen LogP contribution < -0.4 is 0 Å². The van der Waals surface area contributed by atoms with E-state index in [0.29, 0.717) is 17.5 Å². The monoisotopic (exact) mass is 741 g/mol. The molecule has 5 nitrogen and oxygen atoms in total. The zero-order valence-electron chi connectivity index (χ0n) is 31.4. The van der Waals surface area contributed by atoms with E-state index in [1.54, 1.807) is 0 Å². The minimum Gasteiger partial charge on any atom is -0.315 e. The van der Waals surface area contributed by atoms with Gasteiger partial charge >= 0.3 is 0 Å². The van der Waals surface area contributed by atoms with Crippen molar-refractivity contribution < 1.29 is 0 Å². The summed E-state index contributed by atoms with van der Waals surface area (Å²) in [6.07, 6.45) is 2.17. The van der Waals surface area contributed by atoms with E-state index >= 15 is 0 Å². The average Bonchev–Trinajstić information content (AvgIpc) is 3.90. The second-order valence-electron chi connectivity index (χ2n) is 14.5. The Balaban J connectivity index is 1.12. The molecule has 0 fully saturated rings. The predicted molar refractivity (Wildman–Crippen MR) is 238 cm³/mol. The molecule has 0 bridgehead atoms. The van der Waals surface area contributed by atoms with Crippen molar-refractivity contribution in [2.45, 2.75) is 0 Å². The molecule has 0 aliphatic rings. The number of fused-ring (bicyclic) bond motifs is 5. The van der Waals surface area contributed by atoms with Gasteiger partial charge in [0.2, 0.25) is 0 Å². The predicted octanol–water partition coefficient (Wildman–Crippen LogP) is 13.2. The lowest BCUT2D eigenvalue weighted by Crippen LogP contribution is -2.02. The molecule has 8 aromatic carbocycles. The van der Waals surface area contributed by atoms with E-state index in [2.05, 4.69) is 209 Å². The molecule has 0 atom stereocenters. The Bertz CT molecular complexity index is 3170. The van der Waals surface area contributed by atoms with Crippen LogP contribution in [0.1, 0.15) is 0 Å². The Labute approximate surface area is 335 Å². The maximum absolute atomic E-state index is 5.22. The summed E-state index contributed by atoms with van der Waals surface area (Å²) in [4.78, 5) is 15.6. The van der Waals surface area contributed by atoms with E-state index in [4.69, 9.17) is 15.0 Å². The molecule has 0 spiro atoms. The molecule has 11 aromatic rings. The molecular formula is C53H35N5. The van der Waals surface area contributed by atoms with Crippen LogP contribution in [0.5, 0.6) is 0 Å². The van der Waals surface area contributed by atoms with Crippen molar-refractivity contribution in [3.63, 3.8) is 0 Å². The van der Waals surface area contributed by atoms with Crippen LogP contribution in [0.25, 0.3) is 101 Å². The van der Waals surface area contributed by atoms with Gasteiger partial charge < -0.3 is 9.13 Å². The number of para-hydroxylation sites is 2. The van der Waals surface area contributed by atoms with Crippen LogP contribution >= 0.6 is 0 Å². The molecular weight excluding hydrogens is 707 g/mol. The molecule has 58 heavy (non-hydrogen) atoms. The summed E-state index contributed by atoms with van der Waals surface area (Å²) in [7, 11) is 0. The summed E-state index contributed by atoms with van der Waals surface area (Å²) in [6.45, 7) is 0. The minimum absolute atomic E-state index is 0.607. The van der Waals surface area contributed by atoms with Crippen molar-refractivity contribution in [2.75, 3.05) is 0 Å². The van der Waals surface area contributed by atoms with Crippen molar-refractivity contribution in [3.05, 3.63) is 212 Å². The first-order valence-corrected chi connectivity index (χ1v) is 19.5. The van der Waals surface area contributed by atoms with Crippen molar-refractivity contribution in [1.29, 1.82) is 0 Å². The number of hydrogen-bond donors (Lipinski definition) is 0. The molecule has 0 N–H and O–H groups in total. The minimum atomic E-state index is 0.607. The number of aromatic nitrogens is 5. The normalized spacial score (nSPS) is 11.4. The van der Waals surface area contributed by atoms with E-state index in [1.165, 1.54) is 16.2 Å². The van der Waals surface area contributed by atoms with Crippen LogP contribution in [-0.2, 0) is 0 Å². The van der Waals surface area contributed by atoms with E-state index in [0.717, 1.165) is 66.9 Å². The van der Waals surface area contributed by atoms with Gasteiger partial charge in [-0.25, -0.2) is 15.0 Å². The molecule has 3 aromatic heterocycles. The third kappa shape index (κ3) is 5.85. The highest BCUT2D eigenvalue weighted by Gasteiger charge is 2.19. The van der Waals surface area contributed by atoms with Gasteiger partial charge in [-0.05, 0) is 70.8 Å². The van der Waals surface area contributed by atoms with E-state index in [-0.39, 0.29) is 0 Å². The molecule has 0 aliphatic heterocycles. The number of nitrogens with zero attached hydrogens (tertiary/aromatic N) is 5. The highest BCUT2D eigenvalue weighted by molar-refractivity contribution is 6.18. The Kier molecular flexibility index (Phi) is 8.07. The standard InChI is InChI=1S/C53H35N5/c1-4-15-36(16-5-1)39-19-12-21-41(33-39)51-54-52(42-22-13-20-40(34-42)37-17-6-2-7-18-37)56-53(55-51)43-23-14-26-45(35-43)58-48-28-11-10-27-46(48)47-30-29-38-31-32-57(49(38)50(47)58)44-24-8-3-9-25-44/h1-35H. The maximum Gasteiger partial charge on any atom is 0.164 e. The summed E-state index contributed by atoms with van der Waals surface area (Å²) in [5.74, 6) is 1.84. The molecule has 272 valence electrons. The number of rotatable bonds is 7. The quantitative estimate of drug-likeness (QED) is 0.163. The summed E-state index contributed by atoms with van der Waals surface area (Å²) in [6, 6.07) is 72.3. The zero-order chi connectivity index (χ0) is 38.4. The molecule has 3 heterocycles. The summed E-state index contributed by atoms with van der Waals surface area (Å²) in [5.41, 5.74) is 12.8. The molecule has 0 aliphatic carbocycles. The highest BCUT2D eigenvalue weighted by Crippen LogP contribution is 2.39. The van der Waals surface area contributed by atoms with Gasteiger partial charge in [0.25, 0.3) is 0 Å². The fourth-order valence-electron chi connectivity index (χ4n) is 8.23. The number of benzene rings is 8. The molecule has 0 unspecified atom stereocenters. The molecule has 5 heteroatoms. The number of hydrogen-bond acceptors (Lipinski definition) is 3. The average molecular weight is 742 g/mol. The molecule has 0 radical (unpaired) electrons. The summed E-state index contributed by atoms with van der Waals surface area (Å²) in [5, 5.41) is 3.58. The van der Waals surface area contributed by atoms with Crippen LogP contribution in [0.2, 0.25) is 0 Å². The van der Waals surface area contributed by atoms with E-state index in [9.17, 15) is 0 Å². The van der Waals surface area contributed by atoms with Crippen LogP contribution in [0.15, 0.2) is 212 Å². The topological polar surface area (TPSA) is 48.5 Å². The smallest absolute Gasteiger partial charge is 0.164 e. The van der Waals surface area contributed by atoms with Crippen molar-refractivity contribution in [1.82, 2.24) is 24.1 Å². The van der Waals surface area contributed by atoms with Crippen molar-refractivity contribution >= 4 is 32.7 Å². The maximum atomic E-state index is 5.22. The van der Waals surface area contributed by atoms with Crippen molar-refractivity contribution in [3.8, 4) is 67.8 Å². The van der Waals surface area contributed by atoms with Gasteiger partial charge in [-0.15, -0.1) is 0 Å². The lowest BCUT2D eigenvalue weighted by atomic mass is 10.0. The van der Waals surface area contributed by atoms with Gasteiger partial charge in [-0.1, -0.05) is 158 Å². The van der Waals surface area contributed by atoms with E-state index < -0.39 is 0 Å². The third-order valence-electron chi connectivity index (χ3n) is 11.0. The Morgan fingerprint density at radius 3 is 1.41 bits per heavy atom. The van der Waals surface area contributed by atoms with Crippen LogP contribution in [0.3, 0.4) is 0 Å². The van der Waals surface area contributed by atoms with Gasteiger partial charge in [-0.3, -0.25) is 0 Å². The Morgan fingerprint density at radius 1 is 0.310 bits per heavy atom. The van der Waals surface area contributed by atoms with Crippen LogP contribution in [0, 0.1) is 0 Å². The first-order chi connectivity index (χ1) is 28.7. The summed E-state index contributed by atoms with van der Waals surface area (Å²) < 4.78 is 4.69. The Hall–Kier alpha value is -7.89. The van der Waals surface area contributed by atoms with Gasteiger partial charge in [0.05, 0.1) is 16.6 Å². The zero-order valence-corrected chi connectivity index (χ0v) is 31.4. The largest absolute Gasteiger partial charge is 0.315 e. The fraction of sp³-hybridized carbons (Fsp3) is 0. The second-order valence-corrected chi connectivity index (χ2v) is 14.5. The summed E-state index contributed by atoms with van der Waals surface area (Å²) >= 11 is 0. The molecule has 0 saturated heterocycles. The van der Waals surface area contributed by atoms with E-state index in [1.807, 2.05) is 12.1 Å².